The van der Waals surface area contributed by atoms with Gasteiger partial charge in [0.05, 0.1) is 0 Å². The molecule has 0 aliphatic carbocycles. The second kappa shape index (κ2) is 5.98. The molecule has 3 aromatic rings. The fourth-order valence-corrected chi connectivity index (χ4v) is 3.26. The van der Waals surface area contributed by atoms with Gasteiger partial charge in [-0.3, -0.25) is 0 Å². The van der Waals surface area contributed by atoms with Crippen LogP contribution in [0, 0.1) is 26.8 Å². The topological polar surface area (TPSA) is 0 Å². The molecule has 0 atom stereocenters. The van der Waals surface area contributed by atoms with Gasteiger partial charge < -0.3 is 0 Å². The van der Waals surface area contributed by atoms with Gasteiger partial charge in [-0.25, -0.2) is 0 Å². The maximum Gasteiger partial charge on any atom is 0.0491 e. The van der Waals surface area contributed by atoms with Gasteiger partial charge in [-0.1, -0.05) is 65.7 Å². The van der Waals surface area contributed by atoms with E-state index < -0.39 is 0 Å². The minimum atomic E-state index is 0.645. The van der Waals surface area contributed by atoms with Crippen molar-refractivity contribution in [1.82, 2.24) is 0 Å². The van der Waals surface area contributed by atoms with Crippen molar-refractivity contribution in [2.45, 2.75) is 20.8 Å². The largest absolute Gasteiger partial charge is 0.0836 e. The third-order valence-corrected chi connectivity index (χ3v) is 4.17. The van der Waals surface area contributed by atoms with Crippen LogP contribution in [0.1, 0.15) is 16.7 Å². The molecule has 0 heterocycles. The predicted molar refractivity (Wildman–Crippen MR) is 95.4 cm³/mol. The molecular formula is C21H18Cl. The van der Waals surface area contributed by atoms with E-state index in [1.807, 2.05) is 18.2 Å². The molecule has 0 saturated carbocycles. The number of aryl methyl sites for hydroxylation is 3. The Bertz CT molecular complexity index is 791. The summed E-state index contributed by atoms with van der Waals surface area (Å²) in [6, 6.07) is 22.0. The molecule has 0 aromatic heterocycles. The summed E-state index contributed by atoms with van der Waals surface area (Å²) in [7, 11) is 0. The maximum atomic E-state index is 6.02. The molecule has 0 N–H and O–H groups in total. The normalized spacial score (nSPS) is 10.7. The van der Waals surface area contributed by atoms with E-state index >= 15 is 0 Å². The highest BCUT2D eigenvalue weighted by molar-refractivity contribution is 6.30. The molecule has 0 fully saturated rings. The van der Waals surface area contributed by atoms with Gasteiger partial charge >= 0.3 is 0 Å². The van der Waals surface area contributed by atoms with Crippen molar-refractivity contribution < 1.29 is 0 Å². The average Bonchev–Trinajstić information content (AvgIpc) is 2.47. The van der Waals surface area contributed by atoms with Gasteiger partial charge in [-0.05, 0) is 60.2 Å². The lowest BCUT2D eigenvalue weighted by Crippen LogP contribution is -1.90. The molecule has 0 aliphatic heterocycles. The minimum absolute atomic E-state index is 0.645. The second-order valence-electron chi connectivity index (χ2n) is 5.78. The number of hydrogen-bond donors (Lipinski definition) is 0. The van der Waals surface area contributed by atoms with Crippen molar-refractivity contribution in [2.24, 2.45) is 0 Å². The van der Waals surface area contributed by atoms with E-state index in [0.717, 1.165) is 5.56 Å². The molecule has 0 bridgehead atoms. The molecule has 1 heteroatoms. The van der Waals surface area contributed by atoms with Gasteiger partial charge in [0, 0.05) is 11.1 Å². The third-order valence-electron chi connectivity index (χ3n) is 3.95. The number of benzene rings is 3. The van der Waals surface area contributed by atoms with Crippen LogP contribution < -0.4 is 0 Å². The van der Waals surface area contributed by atoms with Crippen LogP contribution in [0.2, 0.25) is 5.02 Å². The first-order chi connectivity index (χ1) is 10.5. The number of hydrogen-bond acceptors (Lipinski definition) is 0. The van der Waals surface area contributed by atoms with E-state index in [0.29, 0.717) is 5.02 Å². The molecule has 22 heavy (non-hydrogen) atoms. The monoisotopic (exact) mass is 305 g/mol. The third kappa shape index (κ3) is 2.93. The maximum absolute atomic E-state index is 6.02. The van der Waals surface area contributed by atoms with Gasteiger partial charge in [0.2, 0.25) is 0 Å². The highest BCUT2D eigenvalue weighted by atomic mass is 35.5. The SMILES string of the molecule is Cc1cc(C)c(-c2ccc(-c3cc[c]c(Cl)c3)cc2)c(C)c1. The lowest BCUT2D eigenvalue weighted by molar-refractivity contribution is 1.32. The first kappa shape index (κ1) is 14.9. The molecule has 109 valence electrons. The summed E-state index contributed by atoms with van der Waals surface area (Å²) in [5.74, 6) is 0. The fraction of sp³-hybridized carbons (Fsp3) is 0.143. The average molecular weight is 306 g/mol. The molecule has 0 nitrogen and oxygen atoms in total. The minimum Gasteiger partial charge on any atom is -0.0836 e. The molecular weight excluding hydrogens is 288 g/mol. The lowest BCUT2D eigenvalue weighted by atomic mass is 9.92. The fourth-order valence-electron chi connectivity index (χ4n) is 3.08. The Kier molecular flexibility index (Phi) is 4.04. The van der Waals surface area contributed by atoms with Crippen LogP contribution >= 0.6 is 11.6 Å². The van der Waals surface area contributed by atoms with E-state index in [2.05, 4.69) is 63.2 Å². The standard InChI is InChI=1S/C21H18Cl/c1-14-11-15(2)21(16(3)12-14)18-9-7-17(8-10-18)19-5-4-6-20(22)13-19/h4-5,7-13H,1-3H3. The van der Waals surface area contributed by atoms with Crippen molar-refractivity contribution in [3.8, 4) is 22.3 Å². The molecule has 0 amide bonds. The van der Waals surface area contributed by atoms with Crippen LogP contribution in [-0.4, -0.2) is 0 Å². The van der Waals surface area contributed by atoms with Crippen molar-refractivity contribution in [3.05, 3.63) is 82.4 Å². The Morgan fingerprint density at radius 2 is 1.32 bits per heavy atom. The predicted octanol–water partition coefficient (Wildman–Crippen LogP) is 6.40. The van der Waals surface area contributed by atoms with Crippen molar-refractivity contribution in [3.63, 3.8) is 0 Å². The van der Waals surface area contributed by atoms with Gasteiger partial charge in [-0.2, -0.15) is 0 Å². The summed E-state index contributed by atoms with van der Waals surface area (Å²) in [6.45, 7) is 6.50. The van der Waals surface area contributed by atoms with Gasteiger partial charge in [-0.15, -0.1) is 0 Å². The molecule has 3 rings (SSSR count). The van der Waals surface area contributed by atoms with E-state index in [1.54, 1.807) is 0 Å². The summed E-state index contributed by atoms with van der Waals surface area (Å²) < 4.78 is 0. The Morgan fingerprint density at radius 3 is 1.91 bits per heavy atom. The highest BCUT2D eigenvalue weighted by Crippen LogP contribution is 2.30. The zero-order chi connectivity index (χ0) is 15.7. The van der Waals surface area contributed by atoms with Crippen LogP contribution in [0.15, 0.2) is 54.6 Å². The summed E-state index contributed by atoms with van der Waals surface area (Å²) in [4.78, 5) is 0. The van der Waals surface area contributed by atoms with Gasteiger partial charge in [0.25, 0.3) is 0 Å². The summed E-state index contributed by atoms with van der Waals surface area (Å²) >= 11 is 6.02. The van der Waals surface area contributed by atoms with Crippen LogP contribution in [0.3, 0.4) is 0 Å². The Labute approximate surface area is 137 Å². The number of halogens is 1. The zero-order valence-corrected chi connectivity index (χ0v) is 13.8. The molecule has 0 unspecified atom stereocenters. The quantitative estimate of drug-likeness (QED) is 0.514. The van der Waals surface area contributed by atoms with Crippen LogP contribution in [-0.2, 0) is 0 Å². The summed E-state index contributed by atoms with van der Waals surface area (Å²) in [5.41, 5.74) is 8.83. The Morgan fingerprint density at radius 1 is 0.727 bits per heavy atom. The lowest BCUT2D eigenvalue weighted by Gasteiger charge is -2.12. The van der Waals surface area contributed by atoms with Crippen LogP contribution in [0.4, 0.5) is 0 Å². The van der Waals surface area contributed by atoms with Gasteiger partial charge in [0.15, 0.2) is 0 Å². The smallest absolute Gasteiger partial charge is 0.0491 e. The second-order valence-corrected chi connectivity index (χ2v) is 6.18. The first-order valence-corrected chi connectivity index (χ1v) is 7.78. The summed E-state index contributed by atoms with van der Waals surface area (Å²) in [5, 5.41) is 0.645. The van der Waals surface area contributed by atoms with Crippen molar-refractivity contribution in [1.29, 1.82) is 0 Å². The molecule has 0 aliphatic rings. The van der Waals surface area contributed by atoms with E-state index in [1.165, 1.54) is 33.4 Å². The molecule has 0 saturated heterocycles. The zero-order valence-electron chi connectivity index (χ0n) is 13.1. The molecule has 0 spiro atoms. The van der Waals surface area contributed by atoms with E-state index in [9.17, 15) is 0 Å². The van der Waals surface area contributed by atoms with Crippen LogP contribution in [0.5, 0.6) is 0 Å². The first-order valence-electron chi connectivity index (χ1n) is 7.40. The van der Waals surface area contributed by atoms with Crippen molar-refractivity contribution in [2.75, 3.05) is 0 Å². The molecule has 1 radical (unpaired) electrons. The summed E-state index contributed by atoms with van der Waals surface area (Å²) in [6.07, 6.45) is 0. The van der Waals surface area contributed by atoms with E-state index in [-0.39, 0.29) is 0 Å². The Hall–Kier alpha value is -2.05. The van der Waals surface area contributed by atoms with E-state index in [4.69, 9.17) is 11.6 Å². The number of rotatable bonds is 2. The van der Waals surface area contributed by atoms with Crippen molar-refractivity contribution >= 4 is 11.6 Å². The highest BCUT2D eigenvalue weighted by Gasteiger charge is 2.07. The van der Waals surface area contributed by atoms with Gasteiger partial charge in [0.1, 0.15) is 0 Å². The Balaban J connectivity index is 2.02. The van der Waals surface area contributed by atoms with Crippen LogP contribution in [0.25, 0.3) is 22.3 Å². The molecule has 3 aromatic carbocycles.